The number of hydrogen-bond donors (Lipinski definition) is 2. The molecule has 2 heterocycles. The summed E-state index contributed by atoms with van der Waals surface area (Å²) >= 11 is 0. The second-order valence-corrected chi connectivity index (χ2v) is 5.37. The minimum absolute atomic E-state index is 0.170. The molecular weight excluding hydrogens is 264 g/mol. The highest BCUT2D eigenvalue weighted by atomic mass is 16.5. The van der Waals surface area contributed by atoms with E-state index in [1.807, 2.05) is 0 Å². The maximum absolute atomic E-state index is 6.14. The monoisotopic (exact) mass is 280 g/mol. The predicted octanol–water partition coefficient (Wildman–Crippen LogP) is 2.58. The van der Waals surface area contributed by atoms with Crippen molar-refractivity contribution in [1.29, 1.82) is 0 Å². The van der Waals surface area contributed by atoms with Gasteiger partial charge in [-0.1, -0.05) is 6.07 Å². The van der Waals surface area contributed by atoms with Crippen LogP contribution in [0.1, 0.15) is 23.6 Å². The number of nitrogens with one attached hydrogen (secondary N) is 1. The molecule has 0 saturated heterocycles. The van der Waals surface area contributed by atoms with Gasteiger partial charge in [-0.2, -0.15) is 0 Å². The van der Waals surface area contributed by atoms with Gasteiger partial charge in [0.05, 0.1) is 25.2 Å². The standard InChI is InChI=1S/C16H16N4O/c1-21-16-8-18-15(7-19-16)14-6-11-9-2-4-12(17)10(9)3-5-13(11)20-14/h3,5-8,12,20H,2,4,17H2,1H3. The number of aromatic amines is 1. The van der Waals surface area contributed by atoms with Crippen LogP contribution in [-0.4, -0.2) is 22.1 Å². The molecule has 1 aliphatic carbocycles. The zero-order chi connectivity index (χ0) is 14.4. The van der Waals surface area contributed by atoms with Crippen LogP contribution >= 0.6 is 0 Å². The quantitative estimate of drug-likeness (QED) is 0.756. The molecule has 0 aliphatic heterocycles. The molecule has 1 atom stereocenters. The Hall–Kier alpha value is -2.40. The smallest absolute Gasteiger partial charge is 0.232 e. The fourth-order valence-corrected chi connectivity index (χ4v) is 3.06. The van der Waals surface area contributed by atoms with Gasteiger partial charge in [0, 0.05) is 16.9 Å². The Labute approximate surface area is 122 Å². The third-order valence-corrected chi connectivity index (χ3v) is 4.17. The third-order valence-electron chi connectivity index (χ3n) is 4.17. The van der Waals surface area contributed by atoms with E-state index in [0.29, 0.717) is 5.88 Å². The third kappa shape index (κ3) is 1.89. The van der Waals surface area contributed by atoms with E-state index in [9.17, 15) is 0 Å². The van der Waals surface area contributed by atoms with Gasteiger partial charge in [0.15, 0.2) is 0 Å². The zero-order valence-electron chi connectivity index (χ0n) is 11.8. The Bertz CT molecular complexity index is 807. The van der Waals surface area contributed by atoms with E-state index in [0.717, 1.165) is 29.7 Å². The number of rotatable bonds is 2. The van der Waals surface area contributed by atoms with E-state index in [1.165, 1.54) is 16.5 Å². The molecule has 0 saturated carbocycles. The number of hydrogen-bond acceptors (Lipinski definition) is 4. The first kappa shape index (κ1) is 12.3. The van der Waals surface area contributed by atoms with Crippen molar-refractivity contribution < 1.29 is 4.74 Å². The van der Waals surface area contributed by atoms with E-state index >= 15 is 0 Å². The molecule has 0 bridgehead atoms. The fraction of sp³-hybridized carbons (Fsp3) is 0.250. The molecule has 1 aliphatic rings. The summed E-state index contributed by atoms with van der Waals surface area (Å²) in [4.78, 5) is 12.0. The summed E-state index contributed by atoms with van der Waals surface area (Å²) in [5.41, 5.74) is 11.7. The van der Waals surface area contributed by atoms with E-state index in [-0.39, 0.29) is 6.04 Å². The second-order valence-electron chi connectivity index (χ2n) is 5.37. The Morgan fingerprint density at radius 2 is 2.19 bits per heavy atom. The van der Waals surface area contributed by atoms with Gasteiger partial charge in [-0.15, -0.1) is 0 Å². The van der Waals surface area contributed by atoms with Gasteiger partial charge >= 0.3 is 0 Å². The van der Waals surface area contributed by atoms with Crippen molar-refractivity contribution in [3.05, 3.63) is 41.7 Å². The summed E-state index contributed by atoms with van der Waals surface area (Å²) in [7, 11) is 1.58. The predicted molar refractivity (Wildman–Crippen MR) is 81.1 cm³/mol. The number of nitrogens with zero attached hydrogens (tertiary/aromatic N) is 2. The Kier molecular flexibility index (Phi) is 2.68. The molecule has 5 heteroatoms. The van der Waals surface area contributed by atoms with Crippen LogP contribution in [0.3, 0.4) is 0 Å². The average Bonchev–Trinajstić information content (AvgIpc) is 3.11. The molecule has 4 rings (SSSR count). The zero-order valence-corrected chi connectivity index (χ0v) is 11.8. The lowest BCUT2D eigenvalue weighted by Crippen LogP contribution is -2.04. The van der Waals surface area contributed by atoms with Crippen molar-refractivity contribution in [3.8, 4) is 17.3 Å². The lowest BCUT2D eigenvalue weighted by molar-refractivity contribution is 0.396. The van der Waals surface area contributed by atoms with Crippen LogP contribution in [0.25, 0.3) is 22.3 Å². The van der Waals surface area contributed by atoms with E-state index in [2.05, 4.69) is 33.2 Å². The number of ether oxygens (including phenoxy) is 1. The minimum atomic E-state index is 0.170. The number of aromatic nitrogens is 3. The first-order valence-corrected chi connectivity index (χ1v) is 7.03. The highest BCUT2D eigenvalue weighted by Crippen LogP contribution is 2.36. The van der Waals surface area contributed by atoms with Gasteiger partial charge in [0.2, 0.25) is 5.88 Å². The van der Waals surface area contributed by atoms with E-state index in [4.69, 9.17) is 10.5 Å². The summed E-state index contributed by atoms with van der Waals surface area (Å²) in [6, 6.07) is 6.54. The average molecular weight is 280 g/mol. The lowest BCUT2D eigenvalue weighted by Gasteiger charge is -2.04. The topological polar surface area (TPSA) is 76.8 Å². The van der Waals surface area contributed by atoms with Crippen molar-refractivity contribution in [3.63, 3.8) is 0 Å². The molecule has 21 heavy (non-hydrogen) atoms. The molecule has 0 fully saturated rings. The van der Waals surface area contributed by atoms with Crippen molar-refractivity contribution in [1.82, 2.24) is 15.0 Å². The number of aryl methyl sites for hydroxylation is 1. The van der Waals surface area contributed by atoms with Crippen LogP contribution in [0.2, 0.25) is 0 Å². The van der Waals surface area contributed by atoms with Crippen LogP contribution in [0.4, 0.5) is 0 Å². The number of nitrogens with two attached hydrogens (primary N) is 1. The fourth-order valence-electron chi connectivity index (χ4n) is 3.06. The normalized spacial score (nSPS) is 17.1. The van der Waals surface area contributed by atoms with Gasteiger partial charge in [0.25, 0.3) is 0 Å². The lowest BCUT2D eigenvalue weighted by atomic mass is 10.0. The molecular formula is C16H16N4O. The summed E-state index contributed by atoms with van der Waals surface area (Å²) in [5, 5.41) is 1.24. The maximum Gasteiger partial charge on any atom is 0.232 e. The molecule has 3 N–H and O–H groups in total. The number of methoxy groups -OCH3 is 1. The van der Waals surface area contributed by atoms with Crippen molar-refractivity contribution in [2.24, 2.45) is 5.73 Å². The molecule has 1 aromatic carbocycles. The molecule has 2 aromatic heterocycles. The minimum Gasteiger partial charge on any atom is -0.480 e. The molecule has 0 radical (unpaired) electrons. The van der Waals surface area contributed by atoms with Crippen LogP contribution in [-0.2, 0) is 6.42 Å². The number of fused-ring (bicyclic) bond motifs is 3. The number of benzene rings is 1. The Morgan fingerprint density at radius 3 is 2.95 bits per heavy atom. The maximum atomic E-state index is 6.14. The van der Waals surface area contributed by atoms with Crippen LogP contribution in [0.15, 0.2) is 30.6 Å². The van der Waals surface area contributed by atoms with Crippen molar-refractivity contribution in [2.75, 3.05) is 7.11 Å². The summed E-state index contributed by atoms with van der Waals surface area (Å²) in [6.07, 6.45) is 5.41. The molecule has 106 valence electrons. The van der Waals surface area contributed by atoms with Gasteiger partial charge in [-0.3, -0.25) is 0 Å². The first-order chi connectivity index (χ1) is 10.3. The van der Waals surface area contributed by atoms with Gasteiger partial charge < -0.3 is 15.5 Å². The summed E-state index contributed by atoms with van der Waals surface area (Å²) in [5.74, 6) is 0.515. The highest BCUT2D eigenvalue weighted by Gasteiger charge is 2.22. The molecule has 0 amide bonds. The number of H-pyrrole nitrogens is 1. The van der Waals surface area contributed by atoms with Crippen LogP contribution in [0, 0.1) is 0 Å². The van der Waals surface area contributed by atoms with E-state index in [1.54, 1.807) is 19.5 Å². The van der Waals surface area contributed by atoms with Crippen molar-refractivity contribution in [2.45, 2.75) is 18.9 Å². The first-order valence-electron chi connectivity index (χ1n) is 7.03. The highest BCUT2D eigenvalue weighted by molar-refractivity contribution is 5.89. The van der Waals surface area contributed by atoms with Gasteiger partial charge in [-0.05, 0) is 36.1 Å². The Balaban J connectivity index is 1.83. The van der Waals surface area contributed by atoms with E-state index < -0.39 is 0 Å². The van der Waals surface area contributed by atoms with Crippen LogP contribution in [0.5, 0.6) is 5.88 Å². The molecule has 3 aromatic rings. The molecule has 1 unspecified atom stereocenters. The summed E-state index contributed by atoms with van der Waals surface area (Å²) in [6.45, 7) is 0. The molecule has 0 spiro atoms. The molecule has 5 nitrogen and oxygen atoms in total. The van der Waals surface area contributed by atoms with Crippen molar-refractivity contribution >= 4 is 10.9 Å². The van der Waals surface area contributed by atoms with Crippen LogP contribution < -0.4 is 10.5 Å². The SMILES string of the molecule is COc1cnc(-c2cc3c4c(ccc3[nH]2)C(N)CC4)cn1. The van der Waals surface area contributed by atoms with Gasteiger partial charge in [-0.25, -0.2) is 9.97 Å². The van der Waals surface area contributed by atoms with Gasteiger partial charge in [0.1, 0.15) is 5.69 Å². The Morgan fingerprint density at radius 1 is 1.29 bits per heavy atom. The summed E-state index contributed by atoms with van der Waals surface area (Å²) < 4.78 is 5.04. The largest absolute Gasteiger partial charge is 0.480 e. The second kappa shape index (κ2) is 4.56.